The van der Waals surface area contributed by atoms with Crippen molar-refractivity contribution in [1.82, 2.24) is 0 Å². The molecule has 0 unspecified atom stereocenters. The second-order valence-corrected chi connectivity index (χ2v) is 6.86. The number of carbonyl (C=O) groups is 1. The Balaban J connectivity index is 1.74. The van der Waals surface area contributed by atoms with Crippen molar-refractivity contribution in [2.45, 2.75) is 9.79 Å². The van der Waals surface area contributed by atoms with E-state index in [1.165, 1.54) is 4.90 Å². The van der Waals surface area contributed by atoms with Gasteiger partial charge in [0, 0.05) is 40.7 Å². The van der Waals surface area contributed by atoms with E-state index in [2.05, 4.69) is 12.1 Å². The molecule has 0 aliphatic carbocycles. The molecule has 24 heavy (non-hydrogen) atoms. The van der Waals surface area contributed by atoms with Crippen LogP contribution in [0, 0.1) is 0 Å². The molecule has 2 nitrogen and oxygen atoms in total. The van der Waals surface area contributed by atoms with Crippen LogP contribution in [-0.4, -0.2) is 19.9 Å². The first-order valence-corrected chi connectivity index (χ1v) is 8.60. The van der Waals surface area contributed by atoms with Gasteiger partial charge in [-0.1, -0.05) is 30.0 Å². The number of anilines is 1. The summed E-state index contributed by atoms with van der Waals surface area (Å²) in [6, 6.07) is 25.7. The predicted molar refractivity (Wildman–Crippen MR) is 101 cm³/mol. The maximum atomic E-state index is 12.6. The summed E-state index contributed by atoms with van der Waals surface area (Å²) in [5, 5.41) is 0. The van der Waals surface area contributed by atoms with Gasteiger partial charge in [-0.05, 0) is 60.7 Å². The van der Waals surface area contributed by atoms with Gasteiger partial charge in [0.2, 0.25) is 0 Å². The van der Waals surface area contributed by atoms with Crippen molar-refractivity contribution in [3.8, 4) is 0 Å². The molecular formula is C21H19NOS. The molecule has 0 aromatic heterocycles. The summed E-state index contributed by atoms with van der Waals surface area (Å²) in [6.07, 6.45) is 0. The van der Waals surface area contributed by atoms with Crippen molar-refractivity contribution >= 4 is 23.2 Å². The normalized spacial score (nSPS) is 10.4. The van der Waals surface area contributed by atoms with Gasteiger partial charge in [-0.25, -0.2) is 0 Å². The molecule has 3 rings (SSSR count). The summed E-state index contributed by atoms with van der Waals surface area (Å²) in [5.74, 6) is 0.0524. The van der Waals surface area contributed by atoms with Gasteiger partial charge in [0.25, 0.3) is 0 Å². The van der Waals surface area contributed by atoms with E-state index in [4.69, 9.17) is 0 Å². The van der Waals surface area contributed by atoms with Gasteiger partial charge in [-0.2, -0.15) is 0 Å². The first kappa shape index (κ1) is 16.3. The lowest BCUT2D eigenvalue weighted by Gasteiger charge is -2.12. The highest BCUT2D eigenvalue weighted by molar-refractivity contribution is 7.99. The number of rotatable bonds is 5. The maximum absolute atomic E-state index is 12.6. The fourth-order valence-corrected chi connectivity index (χ4v) is 3.21. The molecular weight excluding hydrogens is 314 g/mol. The number of hydrogen-bond acceptors (Lipinski definition) is 3. The minimum Gasteiger partial charge on any atom is -0.378 e. The molecule has 0 amide bonds. The fourth-order valence-electron chi connectivity index (χ4n) is 2.38. The lowest BCUT2D eigenvalue weighted by Crippen LogP contribution is -2.09. The molecule has 3 heteroatoms. The van der Waals surface area contributed by atoms with E-state index in [0.29, 0.717) is 11.1 Å². The van der Waals surface area contributed by atoms with E-state index in [-0.39, 0.29) is 5.78 Å². The van der Waals surface area contributed by atoms with Gasteiger partial charge < -0.3 is 4.90 Å². The van der Waals surface area contributed by atoms with Crippen LogP contribution >= 0.6 is 11.8 Å². The monoisotopic (exact) mass is 333 g/mol. The van der Waals surface area contributed by atoms with Gasteiger partial charge >= 0.3 is 0 Å². The third-order valence-corrected chi connectivity index (χ3v) is 4.76. The first-order chi connectivity index (χ1) is 11.6. The average molecular weight is 333 g/mol. The first-order valence-electron chi connectivity index (χ1n) is 7.78. The van der Waals surface area contributed by atoms with Crippen LogP contribution in [0.25, 0.3) is 0 Å². The Morgan fingerprint density at radius 1 is 0.708 bits per heavy atom. The number of ketones is 1. The zero-order valence-electron chi connectivity index (χ0n) is 13.8. The lowest BCUT2D eigenvalue weighted by molar-refractivity contribution is 0.103. The highest BCUT2D eigenvalue weighted by atomic mass is 32.2. The standard InChI is InChI=1S/C21H19NOS/c1-22(2)18-12-8-16(9-13-18)21(23)17-10-14-20(15-11-17)24-19-6-4-3-5-7-19/h3-15H,1-2H3. The molecule has 0 N–H and O–H groups in total. The zero-order valence-corrected chi connectivity index (χ0v) is 14.6. The van der Waals surface area contributed by atoms with Crippen molar-refractivity contribution in [2.24, 2.45) is 0 Å². The molecule has 0 heterocycles. The SMILES string of the molecule is CN(C)c1ccc(C(=O)c2ccc(Sc3ccccc3)cc2)cc1. The molecule has 0 radical (unpaired) electrons. The van der Waals surface area contributed by atoms with Crippen LogP contribution < -0.4 is 4.90 Å². The predicted octanol–water partition coefficient (Wildman–Crippen LogP) is 5.13. The van der Waals surface area contributed by atoms with Crippen molar-refractivity contribution in [2.75, 3.05) is 19.0 Å². The molecule has 3 aromatic rings. The van der Waals surface area contributed by atoms with Crippen molar-refractivity contribution < 1.29 is 4.79 Å². The summed E-state index contributed by atoms with van der Waals surface area (Å²) in [7, 11) is 3.97. The summed E-state index contributed by atoms with van der Waals surface area (Å²) in [5.41, 5.74) is 2.51. The lowest BCUT2D eigenvalue weighted by atomic mass is 10.0. The Morgan fingerprint density at radius 2 is 1.21 bits per heavy atom. The Bertz CT molecular complexity index is 809. The minimum absolute atomic E-state index is 0.0524. The topological polar surface area (TPSA) is 20.3 Å². The molecule has 0 aliphatic rings. The van der Waals surface area contributed by atoms with Crippen molar-refractivity contribution in [3.05, 3.63) is 90.0 Å². The molecule has 0 spiro atoms. The van der Waals surface area contributed by atoms with E-state index in [1.807, 2.05) is 85.7 Å². The molecule has 120 valence electrons. The minimum atomic E-state index is 0.0524. The summed E-state index contributed by atoms with van der Waals surface area (Å²) < 4.78 is 0. The molecule has 0 saturated heterocycles. The largest absolute Gasteiger partial charge is 0.378 e. The Hall–Kier alpha value is -2.52. The Kier molecular flexibility index (Phi) is 5.02. The van der Waals surface area contributed by atoms with Gasteiger partial charge in [-0.3, -0.25) is 4.79 Å². The second kappa shape index (κ2) is 7.37. The highest BCUT2D eigenvalue weighted by Crippen LogP contribution is 2.27. The molecule has 0 bridgehead atoms. The Labute approximate surface area is 147 Å². The quantitative estimate of drug-likeness (QED) is 0.603. The van der Waals surface area contributed by atoms with Crippen LogP contribution in [0.1, 0.15) is 15.9 Å². The van der Waals surface area contributed by atoms with Crippen molar-refractivity contribution in [3.63, 3.8) is 0 Å². The number of nitrogens with zero attached hydrogens (tertiary/aromatic N) is 1. The molecule has 0 saturated carbocycles. The molecule has 3 aromatic carbocycles. The van der Waals surface area contributed by atoms with Crippen LogP contribution in [-0.2, 0) is 0 Å². The van der Waals surface area contributed by atoms with Crippen LogP contribution in [0.5, 0.6) is 0 Å². The van der Waals surface area contributed by atoms with Gasteiger partial charge in [0.15, 0.2) is 5.78 Å². The van der Waals surface area contributed by atoms with E-state index in [0.717, 1.165) is 10.6 Å². The molecule has 0 atom stereocenters. The van der Waals surface area contributed by atoms with E-state index in [9.17, 15) is 4.79 Å². The molecule has 0 fully saturated rings. The van der Waals surface area contributed by atoms with Crippen LogP contribution in [0.3, 0.4) is 0 Å². The number of benzene rings is 3. The van der Waals surface area contributed by atoms with E-state index >= 15 is 0 Å². The Morgan fingerprint density at radius 3 is 1.75 bits per heavy atom. The number of hydrogen-bond donors (Lipinski definition) is 0. The van der Waals surface area contributed by atoms with Crippen LogP contribution in [0.15, 0.2) is 88.7 Å². The van der Waals surface area contributed by atoms with Gasteiger partial charge in [0.05, 0.1) is 0 Å². The third kappa shape index (κ3) is 3.87. The van der Waals surface area contributed by atoms with Crippen LogP contribution in [0.2, 0.25) is 0 Å². The van der Waals surface area contributed by atoms with E-state index < -0.39 is 0 Å². The zero-order chi connectivity index (χ0) is 16.9. The third-order valence-electron chi connectivity index (χ3n) is 3.74. The van der Waals surface area contributed by atoms with Gasteiger partial charge in [-0.15, -0.1) is 0 Å². The fraction of sp³-hybridized carbons (Fsp3) is 0.0952. The summed E-state index contributed by atoms with van der Waals surface area (Å²) in [4.78, 5) is 16.9. The highest BCUT2D eigenvalue weighted by Gasteiger charge is 2.09. The maximum Gasteiger partial charge on any atom is 0.193 e. The van der Waals surface area contributed by atoms with E-state index in [1.54, 1.807) is 11.8 Å². The smallest absolute Gasteiger partial charge is 0.193 e. The van der Waals surface area contributed by atoms with Crippen LogP contribution in [0.4, 0.5) is 5.69 Å². The summed E-state index contributed by atoms with van der Waals surface area (Å²) >= 11 is 1.69. The van der Waals surface area contributed by atoms with Gasteiger partial charge in [0.1, 0.15) is 0 Å². The molecule has 0 aliphatic heterocycles. The second-order valence-electron chi connectivity index (χ2n) is 5.71. The summed E-state index contributed by atoms with van der Waals surface area (Å²) in [6.45, 7) is 0. The average Bonchev–Trinajstić information content (AvgIpc) is 2.63. The van der Waals surface area contributed by atoms with Crippen molar-refractivity contribution in [1.29, 1.82) is 0 Å². The number of carbonyl (C=O) groups excluding carboxylic acids is 1.